The third kappa shape index (κ3) is 4.15. The minimum absolute atomic E-state index is 0.204. The van der Waals surface area contributed by atoms with E-state index >= 15 is 0 Å². The van der Waals surface area contributed by atoms with Gasteiger partial charge in [-0.15, -0.1) is 21.5 Å². The van der Waals surface area contributed by atoms with Crippen molar-refractivity contribution in [3.63, 3.8) is 0 Å². The van der Waals surface area contributed by atoms with Crippen LogP contribution in [0.4, 0.5) is 11.6 Å². The average molecular weight is 326 g/mol. The second kappa shape index (κ2) is 6.40. The fourth-order valence-electron chi connectivity index (χ4n) is 1.56. The molecule has 2 rings (SSSR count). The van der Waals surface area contributed by atoms with Crippen LogP contribution >= 0.6 is 11.3 Å². The number of aromatic nitrogens is 2. The first-order chi connectivity index (χ1) is 9.90. The normalized spacial score (nSPS) is 12.9. The van der Waals surface area contributed by atoms with Crippen molar-refractivity contribution in [3.8, 4) is 0 Å². The Morgan fingerprint density at radius 2 is 1.86 bits per heavy atom. The van der Waals surface area contributed by atoms with E-state index in [-0.39, 0.29) is 16.1 Å². The van der Waals surface area contributed by atoms with Crippen molar-refractivity contribution < 1.29 is 8.42 Å². The van der Waals surface area contributed by atoms with E-state index < -0.39 is 10.0 Å². The molecule has 0 aromatic carbocycles. The number of anilines is 2. The van der Waals surface area contributed by atoms with Gasteiger partial charge in [-0.2, -0.15) is 0 Å². The molecule has 0 amide bonds. The van der Waals surface area contributed by atoms with Gasteiger partial charge in [-0.25, -0.2) is 8.42 Å². The number of hydrogen-bond acceptors (Lipinski definition) is 6. The minimum Gasteiger partial charge on any atom is -0.366 e. The second-order valence-electron chi connectivity index (χ2n) is 4.73. The number of sulfonamides is 1. The Bertz CT molecular complexity index is 695. The number of rotatable bonds is 6. The van der Waals surface area contributed by atoms with Crippen molar-refractivity contribution in [2.75, 3.05) is 10.0 Å². The quantitative estimate of drug-likeness (QED) is 0.853. The summed E-state index contributed by atoms with van der Waals surface area (Å²) in [6, 6.07) is 6.93. The third-order valence-electron chi connectivity index (χ3n) is 2.89. The van der Waals surface area contributed by atoms with Crippen LogP contribution in [0.25, 0.3) is 0 Å². The molecule has 0 fully saturated rings. The van der Waals surface area contributed by atoms with E-state index in [0.717, 1.165) is 11.3 Å². The Labute approximate surface area is 128 Å². The van der Waals surface area contributed by atoms with E-state index in [1.165, 1.54) is 11.3 Å². The first-order valence-corrected chi connectivity index (χ1v) is 8.90. The predicted octanol–water partition coefficient (Wildman–Crippen LogP) is 2.86. The average Bonchev–Trinajstić information content (AvgIpc) is 2.88. The molecule has 21 heavy (non-hydrogen) atoms. The molecule has 0 saturated carbocycles. The first kappa shape index (κ1) is 15.7. The van der Waals surface area contributed by atoms with E-state index in [4.69, 9.17) is 0 Å². The zero-order valence-corrected chi connectivity index (χ0v) is 13.8. The molecule has 0 aliphatic carbocycles. The highest BCUT2D eigenvalue weighted by Crippen LogP contribution is 2.22. The van der Waals surface area contributed by atoms with Gasteiger partial charge in [0.15, 0.2) is 5.82 Å². The number of nitrogens with zero attached hydrogens (tertiary/aromatic N) is 2. The Morgan fingerprint density at radius 1 is 1.19 bits per heavy atom. The first-order valence-electron chi connectivity index (χ1n) is 6.60. The van der Waals surface area contributed by atoms with Gasteiger partial charge in [0.2, 0.25) is 0 Å². The monoisotopic (exact) mass is 326 g/mol. The summed E-state index contributed by atoms with van der Waals surface area (Å²) in [5.41, 5.74) is 0. The van der Waals surface area contributed by atoms with Gasteiger partial charge in [0.1, 0.15) is 10.0 Å². The van der Waals surface area contributed by atoms with Crippen molar-refractivity contribution in [2.24, 2.45) is 0 Å². The van der Waals surface area contributed by atoms with Crippen molar-refractivity contribution in [2.45, 2.75) is 37.4 Å². The highest BCUT2D eigenvalue weighted by molar-refractivity contribution is 7.94. The molecule has 8 heteroatoms. The van der Waals surface area contributed by atoms with Gasteiger partial charge in [0.25, 0.3) is 10.0 Å². The van der Waals surface area contributed by atoms with Crippen molar-refractivity contribution in [3.05, 3.63) is 29.1 Å². The van der Waals surface area contributed by atoms with E-state index in [1.54, 1.807) is 24.3 Å². The van der Waals surface area contributed by atoms with Gasteiger partial charge in [-0.05, 0) is 44.5 Å². The molecular weight excluding hydrogens is 308 g/mol. The molecular formula is C13H18N4O2S2. The maximum atomic E-state index is 12.1. The smallest absolute Gasteiger partial charge is 0.272 e. The fourth-order valence-corrected chi connectivity index (χ4v) is 3.84. The summed E-state index contributed by atoms with van der Waals surface area (Å²) in [6.07, 6.45) is 0.966. The molecule has 2 N–H and O–H groups in total. The molecule has 0 aliphatic heterocycles. The van der Waals surface area contributed by atoms with Crippen LogP contribution in [0.1, 0.15) is 25.1 Å². The van der Waals surface area contributed by atoms with Crippen LogP contribution in [0.2, 0.25) is 0 Å². The zero-order chi connectivity index (χ0) is 15.5. The molecule has 114 valence electrons. The highest BCUT2D eigenvalue weighted by Gasteiger charge is 2.17. The summed E-state index contributed by atoms with van der Waals surface area (Å²) < 4.78 is 27.0. The minimum atomic E-state index is -3.59. The maximum Gasteiger partial charge on any atom is 0.272 e. The summed E-state index contributed by atoms with van der Waals surface area (Å²) in [5, 5.41) is 11.0. The molecule has 1 atom stereocenters. The summed E-state index contributed by atoms with van der Waals surface area (Å²) in [5.74, 6) is 0.829. The maximum absolute atomic E-state index is 12.1. The molecule has 6 nitrogen and oxygen atoms in total. The lowest BCUT2D eigenvalue weighted by Gasteiger charge is -2.11. The summed E-state index contributed by atoms with van der Waals surface area (Å²) >= 11 is 1.22. The van der Waals surface area contributed by atoms with Gasteiger partial charge in [0, 0.05) is 10.9 Å². The summed E-state index contributed by atoms with van der Waals surface area (Å²) in [7, 11) is -3.59. The van der Waals surface area contributed by atoms with Crippen LogP contribution in [0.5, 0.6) is 0 Å². The zero-order valence-electron chi connectivity index (χ0n) is 12.1. The van der Waals surface area contributed by atoms with E-state index in [2.05, 4.69) is 27.2 Å². The summed E-state index contributed by atoms with van der Waals surface area (Å²) in [4.78, 5) is 0.939. The molecule has 1 unspecified atom stereocenters. The van der Waals surface area contributed by atoms with Gasteiger partial charge in [0.05, 0.1) is 0 Å². The van der Waals surface area contributed by atoms with Crippen molar-refractivity contribution in [1.82, 2.24) is 10.2 Å². The number of aryl methyl sites for hydroxylation is 1. The lowest BCUT2D eigenvalue weighted by Crippen LogP contribution is -2.16. The molecule has 0 bridgehead atoms. The molecule has 0 saturated heterocycles. The van der Waals surface area contributed by atoms with Crippen LogP contribution in [0, 0.1) is 6.92 Å². The SMILES string of the molecule is CCC(C)Nc1ccc(NS(=O)(=O)c2ccc(C)s2)nn1. The van der Waals surface area contributed by atoms with Crippen molar-refractivity contribution in [1.29, 1.82) is 0 Å². The Hall–Kier alpha value is -1.67. The van der Waals surface area contributed by atoms with Crippen LogP contribution in [-0.4, -0.2) is 24.7 Å². The van der Waals surface area contributed by atoms with Gasteiger partial charge in [-0.3, -0.25) is 4.72 Å². The number of hydrogen-bond donors (Lipinski definition) is 2. The second-order valence-corrected chi connectivity index (χ2v) is 7.93. The van der Waals surface area contributed by atoms with E-state index in [1.807, 2.05) is 13.8 Å². The highest BCUT2D eigenvalue weighted by atomic mass is 32.2. The molecule has 0 aliphatic rings. The Morgan fingerprint density at radius 3 is 2.38 bits per heavy atom. The summed E-state index contributed by atoms with van der Waals surface area (Å²) in [6.45, 7) is 5.97. The molecule has 0 spiro atoms. The van der Waals surface area contributed by atoms with Crippen LogP contribution in [0.3, 0.4) is 0 Å². The Balaban J connectivity index is 2.09. The number of thiophene rings is 1. The lowest BCUT2D eigenvalue weighted by atomic mass is 10.2. The number of nitrogens with one attached hydrogen (secondary N) is 2. The third-order valence-corrected chi connectivity index (χ3v) is 5.74. The van der Waals surface area contributed by atoms with Crippen molar-refractivity contribution >= 4 is 33.0 Å². The lowest BCUT2D eigenvalue weighted by molar-refractivity contribution is 0.603. The van der Waals surface area contributed by atoms with Crippen LogP contribution < -0.4 is 10.0 Å². The fraction of sp³-hybridized carbons (Fsp3) is 0.385. The Kier molecular flexibility index (Phi) is 4.79. The van der Waals surface area contributed by atoms with E-state index in [9.17, 15) is 8.42 Å². The topological polar surface area (TPSA) is 84.0 Å². The molecule has 2 heterocycles. The molecule has 0 radical (unpaired) electrons. The molecule has 2 aromatic heterocycles. The largest absolute Gasteiger partial charge is 0.366 e. The molecule has 2 aromatic rings. The van der Waals surface area contributed by atoms with Gasteiger partial charge < -0.3 is 5.32 Å². The predicted molar refractivity (Wildman–Crippen MR) is 85.3 cm³/mol. The van der Waals surface area contributed by atoms with Crippen LogP contribution in [0.15, 0.2) is 28.5 Å². The van der Waals surface area contributed by atoms with Crippen LogP contribution in [-0.2, 0) is 10.0 Å². The van der Waals surface area contributed by atoms with E-state index in [0.29, 0.717) is 5.82 Å². The van der Waals surface area contributed by atoms with Gasteiger partial charge >= 0.3 is 0 Å². The van der Waals surface area contributed by atoms with Gasteiger partial charge in [-0.1, -0.05) is 6.92 Å². The standard InChI is InChI=1S/C13H18N4O2S2/c1-4-9(2)14-11-6-7-12(16-15-11)17-21(18,19)13-8-5-10(3)20-13/h5-9H,4H2,1-3H3,(H,14,15)(H,16,17).